The number of anilines is 1. The number of nitrogens with two attached hydrogens (primary N) is 1. The van der Waals surface area contributed by atoms with E-state index in [0.717, 1.165) is 18.5 Å². The van der Waals surface area contributed by atoms with Crippen LogP contribution in [0.15, 0.2) is 29.0 Å². The predicted molar refractivity (Wildman–Crippen MR) is 66.9 cm³/mol. The molecule has 1 heterocycles. The van der Waals surface area contributed by atoms with Crippen molar-refractivity contribution in [2.75, 3.05) is 5.73 Å². The standard InChI is InChI=1S/C14H16N2O/c1-9-4-2-6-11-10(9)5-3-7-12(11)14-13(15)8-17-16-14/h2,4,6,8,12H,3,5,7,15H2,1H3. The SMILES string of the molecule is Cc1cccc2c1CCCC2c1nocc1N. The van der Waals surface area contributed by atoms with Gasteiger partial charge in [-0.2, -0.15) is 0 Å². The van der Waals surface area contributed by atoms with Crippen molar-refractivity contribution in [3.63, 3.8) is 0 Å². The van der Waals surface area contributed by atoms with Crippen molar-refractivity contribution in [1.82, 2.24) is 5.16 Å². The Hall–Kier alpha value is -1.77. The molecule has 0 bridgehead atoms. The number of nitrogens with zero attached hydrogens (tertiary/aromatic N) is 1. The van der Waals surface area contributed by atoms with Crippen LogP contribution in [0, 0.1) is 6.92 Å². The van der Waals surface area contributed by atoms with Crippen LogP contribution in [0.2, 0.25) is 0 Å². The smallest absolute Gasteiger partial charge is 0.147 e. The quantitative estimate of drug-likeness (QED) is 0.816. The second kappa shape index (κ2) is 3.91. The largest absolute Gasteiger partial charge is 0.395 e. The van der Waals surface area contributed by atoms with Gasteiger partial charge in [-0.3, -0.25) is 0 Å². The molecule has 1 aromatic carbocycles. The van der Waals surface area contributed by atoms with Gasteiger partial charge in [0.1, 0.15) is 12.0 Å². The fourth-order valence-electron chi connectivity index (χ4n) is 2.83. The molecule has 1 aromatic heterocycles. The van der Waals surface area contributed by atoms with E-state index < -0.39 is 0 Å². The molecular formula is C14H16N2O. The highest BCUT2D eigenvalue weighted by atomic mass is 16.5. The molecule has 88 valence electrons. The lowest BCUT2D eigenvalue weighted by Gasteiger charge is -2.25. The zero-order valence-electron chi connectivity index (χ0n) is 9.94. The molecule has 2 aromatic rings. The molecule has 0 radical (unpaired) electrons. The zero-order valence-corrected chi connectivity index (χ0v) is 9.94. The van der Waals surface area contributed by atoms with E-state index in [9.17, 15) is 0 Å². The van der Waals surface area contributed by atoms with Crippen molar-refractivity contribution in [1.29, 1.82) is 0 Å². The Bertz CT molecular complexity index is 545. The van der Waals surface area contributed by atoms with Crippen LogP contribution in [0.25, 0.3) is 0 Å². The Kier molecular flexibility index (Phi) is 2.39. The molecule has 0 saturated heterocycles. The minimum atomic E-state index is 0.303. The lowest BCUT2D eigenvalue weighted by atomic mass is 9.79. The van der Waals surface area contributed by atoms with Crippen molar-refractivity contribution in [3.8, 4) is 0 Å². The van der Waals surface area contributed by atoms with Crippen molar-refractivity contribution in [2.24, 2.45) is 0 Å². The van der Waals surface area contributed by atoms with Gasteiger partial charge in [0.25, 0.3) is 0 Å². The molecule has 3 nitrogen and oxygen atoms in total. The molecule has 0 saturated carbocycles. The van der Waals surface area contributed by atoms with E-state index in [-0.39, 0.29) is 0 Å². The number of aryl methyl sites for hydroxylation is 1. The average molecular weight is 228 g/mol. The maximum absolute atomic E-state index is 5.91. The van der Waals surface area contributed by atoms with Crippen LogP contribution in [-0.4, -0.2) is 5.16 Å². The molecule has 0 aliphatic heterocycles. The van der Waals surface area contributed by atoms with Gasteiger partial charge in [0.05, 0.1) is 5.69 Å². The highest BCUT2D eigenvalue weighted by Gasteiger charge is 2.26. The molecule has 1 aliphatic rings. The number of aromatic nitrogens is 1. The van der Waals surface area contributed by atoms with Gasteiger partial charge in [-0.1, -0.05) is 23.4 Å². The van der Waals surface area contributed by atoms with Gasteiger partial charge in [-0.15, -0.1) is 0 Å². The van der Waals surface area contributed by atoms with E-state index in [1.807, 2.05) is 0 Å². The molecule has 1 aliphatic carbocycles. The third-order valence-corrected chi connectivity index (χ3v) is 3.70. The van der Waals surface area contributed by atoms with Gasteiger partial charge < -0.3 is 10.3 Å². The normalized spacial score (nSPS) is 19.0. The van der Waals surface area contributed by atoms with E-state index in [2.05, 4.69) is 30.3 Å². The molecule has 17 heavy (non-hydrogen) atoms. The number of nitrogen functional groups attached to an aromatic ring is 1. The first-order chi connectivity index (χ1) is 8.27. The van der Waals surface area contributed by atoms with E-state index in [4.69, 9.17) is 10.3 Å². The van der Waals surface area contributed by atoms with Crippen LogP contribution < -0.4 is 5.73 Å². The Morgan fingerprint density at radius 1 is 1.41 bits per heavy atom. The maximum Gasteiger partial charge on any atom is 0.147 e. The number of fused-ring (bicyclic) bond motifs is 1. The van der Waals surface area contributed by atoms with Gasteiger partial charge in [-0.25, -0.2) is 0 Å². The van der Waals surface area contributed by atoms with Crippen LogP contribution in [0.4, 0.5) is 5.69 Å². The third-order valence-electron chi connectivity index (χ3n) is 3.70. The second-order valence-electron chi connectivity index (χ2n) is 4.74. The molecule has 2 N–H and O–H groups in total. The third kappa shape index (κ3) is 1.62. The van der Waals surface area contributed by atoms with E-state index in [1.54, 1.807) is 0 Å². The Morgan fingerprint density at radius 3 is 3.06 bits per heavy atom. The number of hydrogen-bond acceptors (Lipinski definition) is 3. The number of benzene rings is 1. The Morgan fingerprint density at radius 2 is 2.29 bits per heavy atom. The van der Waals surface area contributed by atoms with Crippen LogP contribution >= 0.6 is 0 Å². The zero-order chi connectivity index (χ0) is 11.8. The summed E-state index contributed by atoms with van der Waals surface area (Å²) in [6.45, 7) is 2.17. The minimum Gasteiger partial charge on any atom is -0.395 e. The fourth-order valence-corrected chi connectivity index (χ4v) is 2.83. The Labute approximate surface area is 101 Å². The summed E-state index contributed by atoms with van der Waals surface area (Å²) in [5.41, 5.74) is 11.7. The molecule has 0 amide bonds. The fraction of sp³-hybridized carbons (Fsp3) is 0.357. The first-order valence-electron chi connectivity index (χ1n) is 6.05. The van der Waals surface area contributed by atoms with Gasteiger partial charge >= 0.3 is 0 Å². The molecule has 3 heteroatoms. The molecule has 3 rings (SSSR count). The van der Waals surface area contributed by atoms with Gasteiger partial charge in [0, 0.05) is 5.92 Å². The van der Waals surface area contributed by atoms with Gasteiger partial charge in [0.2, 0.25) is 0 Å². The lowest BCUT2D eigenvalue weighted by Crippen LogP contribution is -2.13. The average Bonchev–Trinajstić information content (AvgIpc) is 2.75. The second-order valence-corrected chi connectivity index (χ2v) is 4.74. The highest BCUT2D eigenvalue weighted by molar-refractivity contribution is 5.49. The van der Waals surface area contributed by atoms with E-state index >= 15 is 0 Å². The topological polar surface area (TPSA) is 52.0 Å². The molecular weight excluding hydrogens is 212 g/mol. The molecule has 0 spiro atoms. The monoisotopic (exact) mass is 228 g/mol. The van der Waals surface area contributed by atoms with Crippen LogP contribution in [-0.2, 0) is 6.42 Å². The summed E-state index contributed by atoms with van der Waals surface area (Å²) in [7, 11) is 0. The predicted octanol–water partition coefficient (Wildman–Crippen LogP) is 3.03. The number of rotatable bonds is 1. The number of hydrogen-bond donors (Lipinski definition) is 1. The summed E-state index contributed by atoms with van der Waals surface area (Å²) < 4.78 is 4.97. The van der Waals surface area contributed by atoms with Crippen molar-refractivity contribution in [3.05, 3.63) is 46.8 Å². The first kappa shape index (κ1) is 10.4. The molecule has 1 atom stereocenters. The summed E-state index contributed by atoms with van der Waals surface area (Å²) in [4.78, 5) is 0. The van der Waals surface area contributed by atoms with Gasteiger partial charge in [0.15, 0.2) is 0 Å². The van der Waals surface area contributed by atoms with Gasteiger partial charge in [-0.05, 0) is 42.9 Å². The van der Waals surface area contributed by atoms with E-state index in [1.165, 1.54) is 29.4 Å². The van der Waals surface area contributed by atoms with Crippen molar-refractivity contribution < 1.29 is 4.52 Å². The summed E-state index contributed by atoms with van der Waals surface area (Å²) >= 11 is 0. The molecule has 0 fully saturated rings. The summed E-state index contributed by atoms with van der Waals surface area (Å²) in [5, 5.41) is 4.07. The lowest BCUT2D eigenvalue weighted by molar-refractivity contribution is 0.404. The van der Waals surface area contributed by atoms with Crippen molar-refractivity contribution >= 4 is 5.69 Å². The van der Waals surface area contributed by atoms with E-state index in [0.29, 0.717) is 11.6 Å². The Balaban J connectivity index is 2.12. The van der Waals surface area contributed by atoms with Crippen molar-refractivity contribution in [2.45, 2.75) is 32.1 Å². The summed E-state index contributed by atoms with van der Waals surface area (Å²) in [6.07, 6.45) is 4.98. The van der Waals surface area contributed by atoms with Crippen LogP contribution in [0.3, 0.4) is 0 Å². The van der Waals surface area contributed by atoms with Crippen LogP contribution in [0.1, 0.15) is 41.1 Å². The summed E-state index contributed by atoms with van der Waals surface area (Å²) in [6, 6.07) is 6.48. The maximum atomic E-state index is 5.91. The van der Waals surface area contributed by atoms with Crippen LogP contribution in [0.5, 0.6) is 0 Å². The molecule has 1 unspecified atom stereocenters. The highest BCUT2D eigenvalue weighted by Crippen LogP contribution is 2.38. The summed E-state index contributed by atoms with van der Waals surface area (Å²) in [5.74, 6) is 0.303. The first-order valence-corrected chi connectivity index (χ1v) is 6.05. The minimum absolute atomic E-state index is 0.303.